The van der Waals surface area contributed by atoms with E-state index in [-0.39, 0.29) is 0 Å². The van der Waals surface area contributed by atoms with E-state index in [9.17, 15) is 17.6 Å². The van der Waals surface area contributed by atoms with E-state index in [2.05, 4.69) is 0 Å². The maximum Gasteiger partial charge on any atom is 0.253 e. The summed E-state index contributed by atoms with van der Waals surface area (Å²) in [4.78, 5) is 0. The van der Waals surface area contributed by atoms with Crippen LogP contribution in [0.4, 0.5) is 17.6 Å². The van der Waals surface area contributed by atoms with Crippen molar-refractivity contribution in [1.29, 1.82) is 0 Å². The summed E-state index contributed by atoms with van der Waals surface area (Å²) in [6.07, 6.45) is -5.82. The van der Waals surface area contributed by atoms with E-state index < -0.39 is 31.1 Å². The largest absolute Gasteiger partial charge is 0.253 e. The molecule has 0 aliphatic heterocycles. The van der Waals surface area contributed by atoms with Crippen molar-refractivity contribution in [3.8, 4) is 0 Å². The predicted molar refractivity (Wildman–Crippen MR) is 24.0 cm³/mol. The summed E-state index contributed by atoms with van der Waals surface area (Å²) < 4.78 is 47.8. The SMILES string of the molecule is FC1CC(F)(F)CC1F. The fourth-order valence-corrected chi connectivity index (χ4v) is 0.910. The second-order valence-electron chi connectivity index (χ2n) is 2.30. The molecule has 0 aromatic rings. The molecule has 0 saturated heterocycles. The number of hydrogen-bond donors (Lipinski definition) is 0. The molecule has 0 heterocycles. The van der Waals surface area contributed by atoms with E-state index in [1.54, 1.807) is 0 Å². The van der Waals surface area contributed by atoms with Crippen LogP contribution in [0.5, 0.6) is 0 Å². The molecular weight excluding hydrogens is 136 g/mol. The second-order valence-corrected chi connectivity index (χ2v) is 2.30. The highest BCUT2D eigenvalue weighted by Gasteiger charge is 2.47. The van der Waals surface area contributed by atoms with Crippen molar-refractivity contribution in [2.45, 2.75) is 31.1 Å². The molecule has 1 rings (SSSR count). The van der Waals surface area contributed by atoms with Crippen LogP contribution in [0, 0.1) is 0 Å². The topological polar surface area (TPSA) is 0 Å². The molecule has 9 heavy (non-hydrogen) atoms. The third-order valence-corrected chi connectivity index (χ3v) is 1.38. The molecule has 0 aromatic carbocycles. The van der Waals surface area contributed by atoms with Crippen LogP contribution < -0.4 is 0 Å². The lowest BCUT2D eigenvalue weighted by Crippen LogP contribution is -2.09. The van der Waals surface area contributed by atoms with E-state index in [1.165, 1.54) is 0 Å². The molecule has 1 aliphatic rings. The molecule has 4 heteroatoms. The highest BCUT2D eigenvalue weighted by atomic mass is 19.3. The third-order valence-electron chi connectivity index (χ3n) is 1.38. The zero-order valence-corrected chi connectivity index (χ0v) is 4.58. The first-order valence-corrected chi connectivity index (χ1v) is 2.67. The first-order valence-electron chi connectivity index (χ1n) is 2.67. The van der Waals surface area contributed by atoms with E-state index in [0.717, 1.165) is 0 Å². The Morgan fingerprint density at radius 3 is 1.44 bits per heavy atom. The molecule has 0 radical (unpaired) electrons. The Morgan fingerprint density at radius 1 is 1.00 bits per heavy atom. The zero-order chi connectivity index (χ0) is 7.07. The molecule has 0 bridgehead atoms. The van der Waals surface area contributed by atoms with E-state index >= 15 is 0 Å². The van der Waals surface area contributed by atoms with E-state index in [0.29, 0.717) is 0 Å². The minimum atomic E-state index is -3.11. The van der Waals surface area contributed by atoms with Gasteiger partial charge in [0.1, 0.15) is 12.3 Å². The van der Waals surface area contributed by atoms with Gasteiger partial charge in [0.25, 0.3) is 5.92 Å². The number of alkyl halides is 4. The van der Waals surface area contributed by atoms with Gasteiger partial charge in [-0.15, -0.1) is 0 Å². The van der Waals surface area contributed by atoms with Gasteiger partial charge in [0.05, 0.1) is 0 Å². The van der Waals surface area contributed by atoms with Crippen LogP contribution in [-0.2, 0) is 0 Å². The summed E-state index contributed by atoms with van der Waals surface area (Å²) in [6, 6.07) is 0. The normalized spacial score (nSPS) is 41.3. The Kier molecular flexibility index (Phi) is 1.41. The summed E-state index contributed by atoms with van der Waals surface area (Å²) >= 11 is 0. The van der Waals surface area contributed by atoms with Gasteiger partial charge in [-0.3, -0.25) is 0 Å². The average Bonchev–Trinajstić information content (AvgIpc) is 1.79. The smallest absolute Gasteiger partial charge is 0.244 e. The van der Waals surface area contributed by atoms with Gasteiger partial charge in [-0.05, 0) is 0 Å². The molecule has 2 atom stereocenters. The molecule has 0 N–H and O–H groups in total. The molecule has 2 unspecified atom stereocenters. The Balaban J connectivity index is 2.54. The summed E-state index contributed by atoms with van der Waals surface area (Å²) in [6.45, 7) is 0. The van der Waals surface area contributed by atoms with Crippen LogP contribution in [0.15, 0.2) is 0 Å². The fourth-order valence-electron chi connectivity index (χ4n) is 0.910. The van der Waals surface area contributed by atoms with Gasteiger partial charge in [0.15, 0.2) is 0 Å². The van der Waals surface area contributed by atoms with Crippen molar-refractivity contribution in [2.24, 2.45) is 0 Å². The highest BCUT2D eigenvalue weighted by Crippen LogP contribution is 2.38. The van der Waals surface area contributed by atoms with Gasteiger partial charge in [-0.1, -0.05) is 0 Å². The lowest BCUT2D eigenvalue weighted by atomic mass is 10.3. The predicted octanol–water partition coefficient (Wildman–Crippen LogP) is 2.09. The van der Waals surface area contributed by atoms with Crippen molar-refractivity contribution in [3.63, 3.8) is 0 Å². The molecule has 0 aromatic heterocycles. The summed E-state index contributed by atoms with van der Waals surface area (Å²) in [5.41, 5.74) is 0. The van der Waals surface area contributed by atoms with Gasteiger partial charge in [-0.25, -0.2) is 17.6 Å². The first kappa shape index (κ1) is 6.83. The van der Waals surface area contributed by atoms with Crippen LogP contribution in [-0.4, -0.2) is 18.3 Å². The van der Waals surface area contributed by atoms with Crippen molar-refractivity contribution in [1.82, 2.24) is 0 Å². The molecule has 1 saturated carbocycles. The minimum absolute atomic E-state index is 0.950. The van der Waals surface area contributed by atoms with E-state index in [1.807, 2.05) is 0 Å². The van der Waals surface area contributed by atoms with E-state index in [4.69, 9.17) is 0 Å². The van der Waals surface area contributed by atoms with Gasteiger partial charge >= 0.3 is 0 Å². The Labute approximate surface area is 49.9 Å². The second kappa shape index (κ2) is 1.85. The molecule has 1 fully saturated rings. The van der Waals surface area contributed by atoms with Crippen LogP contribution in [0.2, 0.25) is 0 Å². The Bertz CT molecular complexity index is 99.5. The third kappa shape index (κ3) is 1.34. The molecule has 0 spiro atoms. The number of rotatable bonds is 0. The highest BCUT2D eigenvalue weighted by molar-refractivity contribution is 4.88. The quantitative estimate of drug-likeness (QED) is 0.454. The van der Waals surface area contributed by atoms with Crippen LogP contribution in [0.25, 0.3) is 0 Å². The molecule has 54 valence electrons. The minimum Gasteiger partial charge on any atom is -0.244 e. The lowest BCUT2D eigenvalue weighted by Gasteiger charge is -2.03. The summed E-state index contributed by atoms with van der Waals surface area (Å²) in [7, 11) is 0. The van der Waals surface area contributed by atoms with Crippen molar-refractivity contribution < 1.29 is 17.6 Å². The standard InChI is InChI=1S/C5H6F4/c6-3-1-5(8,9)2-4(3)7/h3-4H,1-2H2. The van der Waals surface area contributed by atoms with Gasteiger partial charge in [0, 0.05) is 12.8 Å². The van der Waals surface area contributed by atoms with Gasteiger partial charge < -0.3 is 0 Å². The van der Waals surface area contributed by atoms with Crippen molar-refractivity contribution in [3.05, 3.63) is 0 Å². The van der Waals surface area contributed by atoms with Crippen molar-refractivity contribution in [2.75, 3.05) is 0 Å². The van der Waals surface area contributed by atoms with Gasteiger partial charge in [-0.2, -0.15) is 0 Å². The van der Waals surface area contributed by atoms with Crippen LogP contribution >= 0.6 is 0 Å². The maximum atomic E-state index is 12.0. The molecular formula is C5H6F4. The Morgan fingerprint density at radius 2 is 1.33 bits per heavy atom. The van der Waals surface area contributed by atoms with Gasteiger partial charge in [0.2, 0.25) is 0 Å². The summed E-state index contributed by atoms with van der Waals surface area (Å²) in [5.74, 6) is -3.11. The Hall–Kier alpha value is -0.280. The van der Waals surface area contributed by atoms with Crippen molar-refractivity contribution >= 4 is 0 Å². The number of hydrogen-bond acceptors (Lipinski definition) is 0. The maximum absolute atomic E-state index is 12.0. The number of halogens is 4. The monoisotopic (exact) mass is 142 g/mol. The van der Waals surface area contributed by atoms with Crippen LogP contribution in [0.1, 0.15) is 12.8 Å². The molecule has 0 amide bonds. The molecule has 0 nitrogen and oxygen atoms in total. The summed E-state index contributed by atoms with van der Waals surface area (Å²) in [5, 5.41) is 0. The fraction of sp³-hybridized carbons (Fsp3) is 1.00. The average molecular weight is 142 g/mol. The first-order chi connectivity index (χ1) is 4.01. The zero-order valence-electron chi connectivity index (χ0n) is 4.58. The van der Waals surface area contributed by atoms with Crippen LogP contribution in [0.3, 0.4) is 0 Å². The molecule has 1 aliphatic carbocycles. The lowest BCUT2D eigenvalue weighted by molar-refractivity contribution is 0.000324.